The van der Waals surface area contributed by atoms with Crippen LogP contribution in [-0.2, 0) is 9.53 Å². The van der Waals surface area contributed by atoms with Gasteiger partial charge >= 0.3 is 5.97 Å². The standard InChI is InChI=1S/C14H22N4O3/c1-4-21-14(20)9-6-5-7-18(9)13(19)12-10(15)11(8(2)3)16-17-12/h8-9H,4-7,15H2,1-3H3,(H,16,17). The molecule has 2 rings (SSSR count). The number of likely N-dealkylation sites (tertiary alicyclic amines) is 1. The van der Waals surface area contributed by atoms with Gasteiger partial charge in [-0.05, 0) is 25.7 Å². The monoisotopic (exact) mass is 294 g/mol. The molecule has 1 aromatic heterocycles. The highest BCUT2D eigenvalue weighted by atomic mass is 16.5. The number of hydrogen-bond acceptors (Lipinski definition) is 5. The number of nitrogens with zero attached hydrogens (tertiary/aromatic N) is 2. The molecule has 116 valence electrons. The molecule has 7 nitrogen and oxygen atoms in total. The average Bonchev–Trinajstić information content (AvgIpc) is 3.04. The topological polar surface area (TPSA) is 101 Å². The van der Waals surface area contributed by atoms with Gasteiger partial charge in [0.25, 0.3) is 5.91 Å². The quantitative estimate of drug-likeness (QED) is 0.815. The first kappa shape index (κ1) is 15.3. The maximum Gasteiger partial charge on any atom is 0.328 e. The van der Waals surface area contributed by atoms with Crippen LogP contribution in [0.1, 0.15) is 55.7 Å². The number of H-pyrrole nitrogens is 1. The summed E-state index contributed by atoms with van der Waals surface area (Å²) in [5.74, 6) is -0.522. The minimum atomic E-state index is -0.531. The van der Waals surface area contributed by atoms with Crippen molar-refractivity contribution in [2.24, 2.45) is 0 Å². The predicted molar refractivity (Wildman–Crippen MR) is 77.8 cm³/mol. The maximum absolute atomic E-state index is 12.6. The zero-order chi connectivity index (χ0) is 15.6. The third kappa shape index (κ3) is 2.86. The van der Waals surface area contributed by atoms with E-state index in [1.165, 1.54) is 4.90 Å². The van der Waals surface area contributed by atoms with E-state index >= 15 is 0 Å². The van der Waals surface area contributed by atoms with Crippen LogP contribution in [0.2, 0.25) is 0 Å². The highest BCUT2D eigenvalue weighted by Crippen LogP contribution is 2.26. The SMILES string of the molecule is CCOC(=O)C1CCCN1C(=O)c1n[nH]c(C(C)C)c1N. The van der Waals surface area contributed by atoms with Crippen molar-refractivity contribution >= 4 is 17.6 Å². The highest BCUT2D eigenvalue weighted by molar-refractivity contribution is 6.00. The first-order chi connectivity index (χ1) is 9.97. The molecular weight excluding hydrogens is 272 g/mol. The summed E-state index contributed by atoms with van der Waals surface area (Å²) in [6, 6.07) is -0.531. The van der Waals surface area contributed by atoms with Crippen LogP contribution in [-0.4, -0.2) is 46.2 Å². The van der Waals surface area contributed by atoms with Crippen LogP contribution in [0.15, 0.2) is 0 Å². The lowest BCUT2D eigenvalue weighted by Crippen LogP contribution is -2.41. The molecule has 0 saturated carbocycles. The number of aromatic nitrogens is 2. The number of rotatable bonds is 4. The molecule has 3 N–H and O–H groups in total. The Morgan fingerprint density at radius 2 is 2.24 bits per heavy atom. The van der Waals surface area contributed by atoms with Gasteiger partial charge in [-0.15, -0.1) is 0 Å². The Morgan fingerprint density at radius 3 is 2.81 bits per heavy atom. The number of nitrogen functional groups attached to an aromatic ring is 1. The van der Waals surface area contributed by atoms with Crippen molar-refractivity contribution in [2.75, 3.05) is 18.9 Å². The van der Waals surface area contributed by atoms with Crippen molar-refractivity contribution in [1.29, 1.82) is 0 Å². The largest absolute Gasteiger partial charge is 0.464 e. The number of carbonyl (C=O) groups is 2. The molecular formula is C14H22N4O3. The van der Waals surface area contributed by atoms with E-state index in [1.54, 1.807) is 6.92 Å². The summed E-state index contributed by atoms with van der Waals surface area (Å²) < 4.78 is 5.02. The molecule has 0 bridgehead atoms. The number of amides is 1. The number of nitrogens with two attached hydrogens (primary N) is 1. The zero-order valence-corrected chi connectivity index (χ0v) is 12.7. The Hall–Kier alpha value is -2.05. The fourth-order valence-electron chi connectivity index (χ4n) is 2.60. The molecule has 1 amide bonds. The lowest BCUT2D eigenvalue weighted by molar-refractivity contribution is -0.147. The number of hydrogen-bond donors (Lipinski definition) is 2. The summed E-state index contributed by atoms with van der Waals surface area (Å²) in [5.41, 5.74) is 7.29. The Bertz CT molecular complexity index is 538. The van der Waals surface area contributed by atoms with Crippen LogP contribution in [0.3, 0.4) is 0 Å². The van der Waals surface area contributed by atoms with E-state index in [4.69, 9.17) is 10.5 Å². The molecule has 1 aliphatic rings. The number of ether oxygens (including phenoxy) is 1. The zero-order valence-electron chi connectivity index (χ0n) is 12.7. The second-order valence-electron chi connectivity index (χ2n) is 5.46. The van der Waals surface area contributed by atoms with E-state index in [0.29, 0.717) is 25.3 Å². The van der Waals surface area contributed by atoms with E-state index in [0.717, 1.165) is 12.1 Å². The Labute approximate surface area is 123 Å². The van der Waals surface area contributed by atoms with Crippen molar-refractivity contribution < 1.29 is 14.3 Å². The first-order valence-electron chi connectivity index (χ1n) is 7.28. The molecule has 1 aliphatic heterocycles. The van der Waals surface area contributed by atoms with Crippen LogP contribution in [0, 0.1) is 0 Å². The number of nitrogens with one attached hydrogen (secondary N) is 1. The molecule has 7 heteroatoms. The summed E-state index contributed by atoms with van der Waals surface area (Å²) >= 11 is 0. The average molecular weight is 294 g/mol. The molecule has 1 unspecified atom stereocenters. The van der Waals surface area contributed by atoms with Crippen molar-refractivity contribution in [3.63, 3.8) is 0 Å². The summed E-state index contributed by atoms with van der Waals surface area (Å²) in [4.78, 5) is 26.0. The predicted octanol–water partition coefficient (Wildman–Crippen LogP) is 1.28. The summed E-state index contributed by atoms with van der Waals surface area (Å²) in [6.07, 6.45) is 1.39. The smallest absolute Gasteiger partial charge is 0.328 e. The molecule has 1 saturated heterocycles. The van der Waals surface area contributed by atoms with Gasteiger partial charge in [-0.1, -0.05) is 13.8 Å². The van der Waals surface area contributed by atoms with Gasteiger partial charge in [-0.3, -0.25) is 9.89 Å². The second-order valence-corrected chi connectivity index (χ2v) is 5.46. The normalized spacial score (nSPS) is 18.3. The summed E-state index contributed by atoms with van der Waals surface area (Å²) in [5, 5.41) is 6.84. The fourth-order valence-corrected chi connectivity index (χ4v) is 2.60. The fraction of sp³-hybridized carbons (Fsp3) is 0.643. The van der Waals surface area contributed by atoms with E-state index in [-0.39, 0.29) is 23.5 Å². The van der Waals surface area contributed by atoms with Gasteiger partial charge in [-0.25, -0.2) is 4.79 Å². The molecule has 2 heterocycles. The molecule has 1 aromatic rings. The highest BCUT2D eigenvalue weighted by Gasteiger charge is 2.37. The number of aromatic amines is 1. The van der Waals surface area contributed by atoms with Crippen molar-refractivity contribution in [3.05, 3.63) is 11.4 Å². The molecule has 1 fully saturated rings. The van der Waals surface area contributed by atoms with E-state index in [9.17, 15) is 9.59 Å². The number of carbonyl (C=O) groups excluding carboxylic acids is 2. The van der Waals surface area contributed by atoms with Gasteiger partial charge < -0.3 is 15.4 Å². The van der Waals surface area contributed by atoms with Gasteiger partial charge in [-0.2, -0.15) is 5.10 Å². The van der Waals surface area contributed by atoms with Crippen LogP contribution < -0.4 is 5.73 Å². The molecule has 0 radical (unpaired) electrons. The lowest BCUT2D eigenvalue weighted by Gasteiger charge is -2.22. The van der Waals surface area contributed by atoms with Gasteiger partial charge in [0.2, 0.25) is 0 Å². The van der Waals surface area contributed by atoms with Gasteiger partial charge in [0, 0.05) is 6.54 Å². The molecule has 21 heavy (non-hydrogen) atoms. The second kappa shape index (κ2) is 6.15. The lowest BCUT2D eigenvalue weighted by atomic mass is 10.1. The first-order valence-corrected chi connectivity index (χ1v) is 7.28. The van der Waals surface area contributed by atoms with Crippen LogP contribution in [0.4, 0.5) is 5.69 Å². The van der Waals surface area contributed by atoms with Crippen LogP contribution in [0.5, 0.6) is 0 Å². The van der Waals surface area contributed by atoms with Gasteiger partial charge in [0.05, 0.1) is 18.0 Å². The van der Waals surface area contributed by atoms with E-state index < -0.39 is 6.04 Å². The summed E-state index contributed by atoms with van der Waals surface area (Å²) in [7, 11) is 0. The Kier molecular flexibility index (Phi) is 4.50. The van der Waals surface area contributed by atoms with Gasteiger partial charge in [0.1, 0.15) is 6.04 Å². The maximum atomic E-state index is 12.6. The van der Waals surface area contributed by atoms with Gasteiger partial charge in [0.15, 0.2) is 5.69 Å². The molecule has 0 aromatic carbocycles. The van der Waals surface area contributed by atoms with Crippen molar-refractivity contribution in [3.8, 4) is 0 Å². The van der Waals surface area contributed by atoms with Crippen LogP contribution in [0.25, 0.3) is 0 Å². The third-order valence-corrected chi connectivity index (χ3v) is 3.69. The molecule has 0 aliphatic carbocycles. The van der Waals surface area contributed by atoms with Crippen molar-refractivity contribution in [2.45, 2.75) is 45.6 Å². The minimum Gasteiger partial charge on any atom is -0.464 e. The Balaban J connectivity index is 2.21. The third-order valence-electron chi connectivity index (χ3n) is 3.69. The number of esters is 1. The number of anilines is 1. The van der Waals surface area contributed by atoms with Crippen LogP contribution >= 0.6 is 0 Å². The Morgan fingerprint density at radius 1 is 1.52 bits per heavy atom. The molecule has 1 atom stereocenters. The van der Waals surface area contributed by atoms with E-state index in [2.05, 4.69) is 10.2 Å². The molecule has 0 spiro atoms. The summed E-state index contributed by atoms with van der Waals surface area (Å²) in [6.45, 7) is 6.51. The van der Waals surface area contributed by atoms with Crippen molar-refractivity contribution in [1.82, 2.24) is 15.1 Å². The minimum absolute atomic E-state index is 0.151. The van der Waals surface area contributed by atoms with E-state index in [1.807, 2.05) is 13.8 Å².